The highest BCUT2D eigenvalue weighted by Crippen LogP contribution is 2.30. The average Bonchev–Trinajstić information content (AvgIpc) is 2.82. The molecule has 1 heterocycles. The third kappa shape index (κ3) is 6.32. The molecule has 2 aromatic carbocycles. The molecule has 1 aliphatic carbocycles. The van der Waals surface area contributed by atoms with Crippen LogP contribution in [0.5, 0.6) is 0 Å². The van der Waals surface area contributed by atoms with Gasteiger partial charge in [0.1, 0.15) is 6.10 Å². The molecule has 0 radical (unpaired) electrons. The topological polar surface area (TPSA) is 108 Å². The van der Waals surface area contributed by atoms with E-state index >= 15 is 0 Å². The van der Waals surface area contributed by atoms with Crippen LogP contribution in [0.15, 0.2) is 36.4 Å². The molecule has 2 aromatic rings. The van der Waals surface area contributed by atoms with Crippen molar-refractivity contribution in [3.8, 4) is 0 Å². The number of urea groups is 1. The van der Waals surface area contributed by atoms with Crippen molar-refractivity contribution in [2.45, 2.75) is 65.0 Å². The Kier molecular flexibility index (Phi) is 7.58. The number of anilines is 2. The maximum Gasteiger partial charge on any atom is 0.410 e. The number of nitrogens with zero attached hydrogens (tertiary/aromatic N) is 1. The van der Waals surface area contributed by atoms with Crippen molar-refractivity contribution in [3.05, 3.63) is 58.7 Å². The quantitative estimate of drug-likeness (QED) is 0.527. The Labute approximate surface area is 205 Å². The number of nitrogens with one attached hydrogen (secondary N) is 2. The molecular formula is C27H33N3O5. The zero-order valence-electron chi connectivity index (χ0n) is 20.3. The van der Waals surface area contributed by atoms with Crippen LogP contribution in [0, 0.1) is 19.8 Å². The summed E-state index contributed by atoms with van der Waals surface area (Å²) < 4.78 is 5.72. The molecule has 1 aliphatic heterocycles. The predicted octanol–water partition coefficient (Wildman–Crippen LogP) is 5.48. The summed E-state index contributed by atoms with van der Waals surface area (Å²) in [5, 5.41) is 14.8. The molecule has 4 rings (SSSR count). The van der Waals surface area contributed by atoms with Crippen LogP contribution in [-0.2, 0) is 22.5 Å². The lowest BCUT2D eigenvalue weighted by molar-refractivity contribution is -0.138. The van der Waals surface area contributed by atoms with Crippen molar-refractivity contribution in [2.75, 3.05) is 17.2 Å². The van der Waals surface area contributed by atoms with Crippen LogP contribution in [0.1, 0.15) is 54.4 Å². The number of fused-ring (bicyclic) bond motifs is 1. The van der Waals surface area contributed by atoms with Crippen molar-refractivity contribution in [1.82, 2.24) is 4.90 Å². The number of amides is 3. The average molecular weight is 480 g/mol. The Hall–Kier alpha value is -3.55. The fraction of sp³-hybridized carbons (Fsp3) is 0.444. The Balaban J connectivity index is 1.28. The SMILES string of the molecule is Cc1cccc(NC(=O)Nc2ccc3c(c2)CCN(C(=O)OC2CCC(CC(=O)O)CC2)C3)c1C. The smallest absolute Gasteiger partial charge is 0.410 e. The van der Waals surface area contributed by atoms with E-state index in [9.17, 15) is 14.4 Å². The summed E-state index contributed by atoms with van der Waals surface area (Å²) in [6, 6.07) is 11.3. The Morgan fingerprint density at radius 1 is 1.03 bits per heavy atom. The van der Waals surface area contributed by atoms with Gasteiger partial charge in [-0.15, -0.1) is 0 Å². The van der Waals surface area contributed by atoms with Crippen molar-refractivity contribution in [2.24, 2.45) is 5.92 Å². The molecule has 35 heavy (non-hydrogen) atoms. The van der Waals surface area contributed by atoms with E-state index in [0.717, 1.165) is 40.8 Å². The van der Waals surface area contributed by atoms with E-state index in [1.54, 1.807) is 4.90 Å². The minimum atomic E-state index is -0.766. The van der Waals surface area contributed by atoms with Gasteiger partial charge >= 0.3 is 18.1 Å². The third-order valence-electron chi connectivity index (χ3n) is 7.11. The number of rotatable bonds is 5. The lowest BCUT2D eigenvalue weighted by Gasteiger charge is -2.32. The zero-order chi connectivity index (χ0) is 24.9. The number of carboxylic acid groups (broad SMARTS) is 1. The fourth-order valence-corrected chi connectivity index (χ4v) is 4.88. The van der Waals surface area contributed by atoms with Gasteiger partial charge in [0.05, 0.1) is 0 Å². The van der Waals surface area contributed by atoms with Gasteiger partial charge in [-0.05, 0) is 92.3 Å². The minimum Gasteiger partial charge on any atom is -0.481 e. The molecule has 1 fully saturated rings. The number of aliphatic carboxylic acids is 1. The first-order valence-corrected chi connectivity index (χ1v) is 12.2. The number of carboxylic acids is 1. The molecule has 2 aliphatic rings. The van der Waals surface area contributed by atoms with Crippen molar-refractivity contribution < 1.29 is 24.2 Å². The largest absolute Gasteiger partial charge is 0.481 e. The summed E-state index contributed by atoms with van der Waals surface area (Å²) in [6.45, 7) is 5.01. The van der Waals surface area contributed by atoms with E-state index < -0.39 is 5.97 Å². The van der Waals surface area contributed by atoms with Gasteiger partial charge in [-0.1, -0.05) is 18.2 Å². The summed E-state index contributed by atoms with van der Waals surface area (Å²) >= 11 is 0. The van der Waals surface area contributed by atoms with Crippen molar-refractivity contribution in [1.29, 1.82) is 0 Å². The molecule has 0 bridgehead atoms. The van der Waals surface area contributed by atoms with Gasteiger partial charge in [0.15, 0.2) is 0 Å². The number of ether oxygens (including phenoxy) is 1. The van der Waals surface area contributed by atoms with Crippen LogP contribution in [-0.4, -0.2) is 40.7 Å². The van der Waals surface area contributed by atoms with Gasteiger partial charge in [0.2, 0.25) is 0 Å². The molecule has 186 valence electrons. The Morgan fingerprint density at radius 3 is 2.54 bits per heavy atom. The molecule has 0 spiro atoms. The first kappa shape index (κ1) is 24.6. The molecule has 8 nitrogen and oxygen atoms in total. The highest BCUT2D eigenvalue weighted by Gasteiger charge is 2.28. The lowest BCUT2D eigenvalue weighted by atomic mass is 9.85. The third-order valence-corrected chi connectivity index (χ3v) is 7.11. The van der Waals surface area contributed by atoms with E-state index in [2.05, 4.69) is 10.6 Å². The summed E-state index contributed by atoms with van der Waals surface area (Å²) in [5.41, 5.74) is 5.79. The van der Waals surface area contributed by atoms with Gasteiger partial charge < -0.3 is 25.4 Å². The van der Waals surface area contributed by atoms with Gasteiger partial charge in [0, 0.05) is 30.9 Å². The fourth-order valence-electron chi connectivity index (χ4n) is 4.88. The van der Waals surface area contributed by atoms with Crippen LogP contribution in [0.2, 0.25) is 0 Å². The predicted molar refractivity (Wildman–Crippen MR) is 134 cm³/mol. The minimum absolute atomic E-state index is 0.143. The van der Waals surface area contributed by atoms with Crippen LogP contribution >= 0.6 is 0 Å². The van der Waals surface area contributed by atoms with Gasteiger partial charge in [-0.25, -0.2) is 9.59 Å². The molecule has 0 atom stereocenters. The molecule has 0 saturated heterocycles. The van der Waals surface area contributed by atoms with Gasteiger partial charge in [-0.3, -0.25) is 4.79 Å². The van der Waals surface area contributed by atoms with E-state index in [-0.39, 0.29) is 30.6 Å². The van der Waals surface area contributed by atoms with Crippen LogP contribution in [0.4, 0.5) is 21.0 Å². The summed E-state index contributed by atoms with van der Waals surface area (Å²) in [5.74, 6) is -0.590. The maximum atomic E-state index is 12.7. The normalized spacial score (nSPS) is 19.4. The second-order valence-electron chi connectivity index (χ2n) is 9.61. The van der Waals surface area contributed by atoms with E-state index in [0.29, 0.717) is 38.0 Å². The number of hydrogen-bond donors (Lipinski definition) is 3. The van der Waals surface area contributed by atoms with Gasteiger partial charge in [0.25, 0.3) is 0 Å². The lowest BCUT2D eigenvalue weighted by Crippen LogP contribution is -2.39. The van der Waals surface area contributed by atoms with E-state index in [1.165, 1.54) is 0 Å². The highest BCUT2D eigenvalue weighted by atomic mass is 16.6. The molecule has 3 amide bonds. The van der Waals surface area contributed by atoms with Gasteiger partial charge in [-0.2, -0.15) is 0 Å². The molecule has 0 unspecified atom stereocenters. The molecule has 0 aromatic heterocycles. The van der Waals surface area contributed by atoms with E-state index in [1.807, 2.05) is 50.2 Å². The molecule has 1 saturated carbocycles. The second kappa shape index (κ2) is 10.8. The Morgan fingerprint density at radius 2 is 1.80 bits per heavy atom. The first-order valence-electron chi connectivity index (χ1n) is 12.2. The van der Waals surface area contributed by atoms with Crippen LogP contribution in [0.25, 0.3) is 0 Å². The number of benzene rings is 2. The first-order chi connectivity index (χ1) is 16.8. The second-order valence-corrected chi connectivity index (χ2v) is 9.61. The number of aryl methyl sites for hydroxylation is 1. The molecular weight excluding hydrogens is 446 g/mol. The van der Waals surface area contributed by atoms with Crippen LogP contribution in [0.3, 0.4) is 0 Å². The van der Waals surface area contributed by atoms with Crippen molar-refractivity contribution in [3.63, 3.8) is 0 Å². The molecule has 3 N–H and O–H groups in total. The number of carbonyl (C=O) groups excluding carboxylic acids is 2. The summed E-state index contributed by atoms with van der Waals surface area (Å²) in [4.78, 5) is 37.8. The highest BCUT2D eigenvalue weighted by molar-refractivity contribution is 6.00. The summed E-state index contributed by atoms with van der Waals surface area (Å²) in [7, 11) is 0. The summed E-state index contributed by atoms with van der Waals surface area (Å²) in [6.07, 6.45) is 3.40. The number of hydrogen-bond acceptors (Lipinski definition) is 4. The van der Waals surface area contributed by atoms with Crippen LogP contribution < -0.4 is 10.6 Å². The zero-order valence-corrected chi connectivity index (χ0v) is 20.3. The van der Waals surface area contributed by atoms with E-state index in [4.69, 9.17) is 9.84 Å². The maximum absolute atomic E-state index is 12.7. The number of carbonyl (C=O) groups is 3. The molecule has 8 heteroatoms. The standard InChI is InChI=1S/C27H33N3O5/c1-17-4-3-5-24(18(17)2)29-26(33)28-22-9-8-21-16-30(13-12-20(21)15-22)27(34)35-23-10-6-19(7-11-23)14-25(31)32/h3-5,8-9,15,19,23H,6-7,10-14,16H2,1-2H3,(H,31,32)(H2,28,29,33). The Bertz CT molecular complexity index is 1110. The van der Waals surface area contributed by atoms with Crippen molar-refractivity contribution >= 4 is 29.5 Å². The monoisotopic (exact) mass is 479 g/mol.